The lowest BCUT2D eigenvalue weighted by Crippen LogP contribution is -2.32. The van der Waals surface area contributed by atoms with Gasteiger partial charge in [-0.3, -0.25) is 5.84 Å². The SMILES string of the molecule is CCCN(N)CCC1CC1. The van der Waals surface area contributed by atoms with Gasteiger partial charge in [-0.2, -0.15) is 0 Å². The molecule has 0 heterocycles. The second kappa shape index (κ2) is 3.94. The van der Waals surface area contributed by atoms with Crippen molar-refractivity contribution < 1.29 is 0 Å². The lowest BCUT2D eigenvalue weighted by Gasteiger charge is -2.13. The summed E-state index contributed by atoms with van der Waals surface area (Å²) in [4.78, 5) is 0. The Balaban J connectivity index is 1.89. The number of rotatable bonds is 5. The van der Waals surface area contributed by atoms with Crippen molar-refractivity contribution >= 4 is 0 Å². The first-order valence-electron chi connectivity index (χ1n) is 4.32. The second-order valence-electron chi connectivity index (χ2n) is 3.27. The van der Waals surface area contributed by atoms with Gasteiger partial charge in [0.25, 0.3) is 0 Å². The van der Waals surface area contributed by atoms with Crippen LogP contribution in [-0.2, 0) is 0 Å². The minimum atomic E-state index is 1.02. The molecule has 0 aromatic carbocycles. The van der Waals surface area contributed by atoms with Crippen LogP contribution in [-0.4, -0.2) is 18.1 Å². The van der Waals surface area contributed by atoms with E-state index in [9.17, 15) is 0 Å². The number of nitrogens with zero attached hydrogens (tertiary/aromatic N) is 1. The zero-order valence-electron chi connectivity index (χ0n) is 6.84. The van der Waals surface area contributed by atoms with Crippen LogP contribution < -0.4 is 5.84 Å². The third-order valence-electron chi connectivity index (χ3n) is 2.03. The van der Waals surface area contributed by atoms with Crippen molar-refractivity contribution in [1.29, 1.82) is 0 Å². The van der Waals surface area contributed by atoms with Gasteiger partial charge in [0.05, 0.1) is 0 Å². The third-order valence-corrected chi connectivity index (χ3v) is 2.03. The molecule has 0 aromatic heterocycles. The Bertz CT molecular complexity index is 89.3. The number of hydrogen-bond acceptors (Lipinski definition) is 2. The fourth-order valence-electron chi connectivity index (χ4n) is 1.15. The molecule has 1 fully saturated rings. The highest BCUT2D eigenvalue weighted by Crippen LogP contribution is 2.32. The second-order valence-corrected chi connectivity index (χ2v) is 3.27. The van der Waals surface area contributed by atoms with Gasteiger partial charge in [-0.05, 0) is 18.8 Å². The molecule has 0 unspecified atom stereocenters. The van der Waals surface area contributed by atoms with E-state index >= 15 is 0 Å². The van der Waals surface area contributed by atoms with Crippen molar-refractivity contribution in [3.8, 4) is 0 Å². The summed E-state index contributed by atoms with van der Waals surface area (Å²) >= 11 is 0. The summed E-state index contributed by atoms with van der Waals surface area (Å²) in [6.45, 7) is 4.31. The van der Waals surface area contributed by atoms with Crippen molar-refractivity contribution in [2.75, 3.05) is 13.1 Å². The fourth-order valence-corrected chi connectivity index (χ4v) is 1.15. The van der Waals surface area contributed by atoms with Crippen molar-refractivity contribution in [2.45, 2.75) is 32.6 Å². The van der Waals surface area contributed by atoms with Gasteiger partial charge < -0.3 is 0 Å². The summed E-state index contributed by atoms with van der Waals surface area (Å²) in [5.41, 5.74) is 0. The van der Waals surface area contributed by atoms with Crippen LogP contribution in [0.2, 0.25) is 0 Å². The van der Waals surface area contributed by atoms with E-state index in [0.717, 1.165) is 19.0 Å². The molecule has 1 aliphatic carbocycles. The average molecular weight is 142 g/mol. The van der Waals surface area contributed by atoms with Crippen LogP contribution in [0.25, 0.3) is 0 Å². The Morgan fingerprint density at radius 3 is 2.60 bits per heavy atom. The summed E-state index contributed by atoms with van der Waals surface area (Å²) < 4.78 is 0. The van der Waals surface area contributed by atoms with Gasteiger partial charge >= 0.3 is 0 Å². The van der Waals surface area contributed by atoms with Gasteiger partial charge in [0.1, 0.15) is 0 Å². The Morgan fingerprint density at radius 2 is 2.10 bits per heavy atom. The number of hydrazine groups is 1. The summed E-state index contributed by atoms with van der Waals surface area (Å²) in [5, 5.41) is 1.94. The molecule has 1 saturated carbocycles. The minimum absolute atomic E-state index is 1.02. The van der Waals surface area contributed by atoms with E-state index in [1.165, 1.54) is 25.7 Å². The lowest BCUT2D eigenvalue weighted by molar-refractivity contribution is 0.274. The van der Waals surface area contributed by atoms with E-state index in [1.54, 1.807) is 0 Å². The predicted molar refractivity (Wildman–Crippen MR) is 43.4 cm³/mol. The van der Waals surface area contributed by atoms with Crippen LogP contribution in [0.1, 0.15) is 32.6 Å². The normalized spacial score (nSPS) is 18.3. The van der Waals surface area contributed by atoms with Crippen molar-refractivity contribution in [3.05, 3.63) is 0 Å². The zero-order valence-corrected chi connectivity index (χ0v) is 6.84. The maximum atomic E-state index is 5.69. The molecule has 0 amide bonds. The zero-order chi connectivity index (χ0) is 7.40. The Labute approximate surface area is 63.4 Å². The molecule has 2 N–H and O–H groups in total. The van der Waals surface area contributed by atoms with Gasteiger partial charge in [-0.15, -0.1) is 0 Å². The summed E-state index contributed by atoms with van der Waals surface area (Å²) in [6.07, 6.45) is 5.37. The lowest BCUT2D eigenvalue weighted by atomic mass is 10.3. The quantitative estimate of drug-likeness (QED) is 0.464. The predicted octanol–water partition coefficient (Wildman–Crippen LogP) is 1.37. The highest BCUT2D eigenvalue weighted by atomic mass is 15.4. The highest BCUT2D eigenvalue weighted by Gasteiger charge is 2.20. The van der Waals surface area contributed by atoms with Crippen LogP contribution in [0.4, 0.5) is 0 Å². The van der Waals surface area contributed by atoms with Crippen LogP contribution in [0.3, 0.4) is 0 Å². The van der Waals surface area contributed by atoms with E-state index in [1.807, 2.05) is 5.01 Å². The van der Waals surface area contributed by atoms with E-state index < -0.39 is 0 Å². The molecule has 0 saturated heterocycles. The van der Waals surface area contributed by atoms with Crippen LogP contribution >= 0.6 is 0 Å². The molecule has 0 radical (unpaired) electrons. The maximum absolute atomic E-state index is 5.69. The first-order chi connectivity index (χ1) is 4.83. The Hall–Kier alpha value is -0.0800. The molecule has 0 aromatic rings. The molecule has 2 nitrogen and oxygen atoms in total. The van der Waals surface area contributed by atoms with Gasteiger partial charge in [-0.25, -0.2) is 5.01 Å². The monoisotopic (exact) mass is 142 g/mol. The van der Waals surface area contributed by atoms with Gasteiger partial charge in [0, 0.05) is 13.1 Å². The molecule has 0 atom stereocenters. The van der Waals surface area contributed by atoms with Gasteiger partial charge in [0.15, 0.2) is 0 Å². The number of hydrogen-bond donors (Lipinski definition) is 1. The Morgan fingerprint density at radius 1 is 1.40 bits per heavy atom. The molecule has 1 aliphatic rings. The topological polar surface area (TPSA) is 29.3 Å². The van der Waals surface area contributed by atoms with E-state index in [0.29, 0.717) is 0 Å². The largest absolute Gasteiger partial charge is 0.269 e. The van der Waals surface area contributed by atoms with Crippen LogP contribution in [0.5, 0.6) is 0 Å². The minimum Gasteiger partial charge on any atom is -0.269 e. The molecule has 0 aliphatic heterocycles. The Kier molecular flexibility index (Phi) is 3.16. The summed E-state index contributed by atoms with van der Waals surface area (Å²) in [7, 11) is 0. The van der Waals surface area contributed by atoms with E-state index in [2.05, 4.69) is 6.92 Å². The number of nitrogens with two attached hydrogens (primary N) is 1. The summed E-state index contributed by atoms with van der Waals surface area (Å²) in [6, 6.07) is 0. The molecular weight excluding hydrogens is 124 g/mol. The smallest absolute Gasteiger partial charge is 0.0131 e. The highest BCUT2D eigenvalue weighted by molar-refractivity contribution is 4.73. The molecule has 10 heavy (non-hydrogen) atoms. The van der Waals surface area contributed by atoms with Crippen molar-refractivity contribution in [3.63, 3.8) is 0 Å². The first-order valence-corrected chi connectivity index (χ1v) is 4.32. The molecule has 2 heteroatoms. The van der Waals surface area contributed by atoms with Crippen LogP contribution in [0.15, 0.2) is 0 Å². The fraction of sp³-hybridized carbons (Fsp3) is 1.00. The van der Waals surface area contributed by atoms with Crippen molar-refractivity contribution in [2.24, 2.45) is 11.8 Å². The van der Waals surface area contributed by atoms with Gasteiger partial charge in [0.2, 0.25) is 0 Å². The molecule has 1 rings (SSSR count). The third kappa shape index (κ3) is 3.18. The van der Waals surface area contributed by atoms with Crippen molar-refractivity contribution in [1.82, 2.24) is 5.01 Å². The van der Waals surface area contributed by atoms with E-state index in [4.69, 9.17) is 5.84 Å². The molecule has 0 spiro atoms. The first kappa shape index (κ1) is 8.02. The molecule has 60 valence electrons. The summed E-state index contributed by atoms with van der Waals surface area (Å²) in [5.74, 6) is 6.71. The van der Waals surface area contributed by atoms with Gasteiger partial charge in [-0.1, -0.05) is 19.8 Å². The maximum Gasteiger partial charge on any atom is 0.0131 e. The average Bonchev–Trinajstić information content (AvgIpc) is 2.67. The van der Waals surface area contributed by atoms with Crippen LogP contribution in [0, 0.1) is 5.92 Å². The molecular formula is C8H18N2. The molecule has 0 bridgehead atoms. The standard InChI is InChI=1S/C8H18N2/c1-2-6-10(9)7-5-8-3-4-8/h8H,2-7,9H2,1H3. The van der Waals surface area contributed by atoms with E-state index in [-0.39, 0.29) is 0 Å².